The lowest BCUT2D eigenvalue weighted by molar-refractivity contribution is 0.0595. The molecule has 3 aromatic rings. The summed E-state index contributed by atoms with van der Waals surface area (Å²) in [6.45, 7) is 1.93. The topological polar surface area (TPSA) is 91.2 Å². The smallest absolute Gasteiger partial charge is 0.340 e. The van der Waals surface area contributed by atoms with Crippen LogP contribution in [0.15, 0.2) is 47.5 Å². The van der Waals surface area contributed by atoms with Crippen molar-refractivity contribution in [1.82, 2.24) is 15.0 Å². The number of hydrogen-bond acceptors (Lipinski definition) is 6. The van der Waals surface area contributed by atoms with E-state index in [2.05, 4.69) is 15.0 Å². The van der Waals surface area contributed by atoms with Crippen molar-refractivity contribution < 1.29 is 26.7 Å². The molecule has 0 unspecified atom stereocenters. The minimum atomic E-state index is -3.96. The van der Waals surface area contributed by atoms with E-state index >= 15 is 0 Å². The maximum absolute atomic E-state index is 14.2. The first-order valence-corrected chi connectivity index (χ1v) is 10.2. The van der Waals surface area contributed by atoms with Gasteiger partial charge in [-0.25, -0.2) is 26.7 Å². The van der Waals surface area contributed by atoms with Crippen LogP contribution in [-0.4, -0.2) is 36.5 Å². The van der Waals surface area contributed by atoms with E-state index in [9.17, 15) is 22.0 Å². The molecule has 0 radical (unpaired) electrons. The zero-order valence-electron chi connectivity index (χ0n) is 15.6. The van der Waals surface area contributed by atoms with Gasteiger partial charge in [-0.05, 0) is 42.8 Å². The van der Waals surface area contributed by atoms with Crippen molar-refractivity contribution in [3.63, 3.8) is 0 Å². The molecule has 29 heavy (non-hydrogen) atoms. The van der Waals surface area contributed by atoms with Gasteiger partial charge in [0.15, 0.2) is 9.84 Å². The number of esters is 1. The molecule has 2 aromatic carbocycles. The summed E-state index contributed by atoms with van der Waals surface area (Å²) in [7, 11) is -2.93. The molecule has 0 saturated carbocycles. The van der Waals surface area contributed by atoms with Crippen molar-refractivity contribution in [1.29, 1.82) is 0 Å². The molecule has 0 aliphatic carbocycles. The van der Waals surface area contributed by atoms with Gasteiger partial charge in [-0.1, -0.05) is 12.1 Å². The molecule has 0 spiro atoms. The molecule has 0 saturated heterocycles. The summed E-state index contributed by atoms with van der Waals surface area (Å²) in [4.78, 5) is 11.4. The Morgan fingerprint density at radius 1 is 1.14 bits per heavy atom. The highest BCUT2D eigenvalue weighted by atomic mass is 32.2. The summed E-state index contributed by atoms with van der Waals surface area (Å²) < 4.78 is 59.4. The number of hydrogen-bond donors (Lipinski definition) is 0. The maximum Gasteiger partial charge on any atom is 0.340 e. The Balaban J connectivity index is 1.86. The van der Waals surface area contributed by atoms with Gasteiger partial charge < -0.3 is 4.74 Å². The SMILES string of the molecule is CCc1cn(-c2ccc(S(=O)(=O)Cc3cc(F)c(C(=O)OC)cc3F)cc2)nn1. The summed E-state index contributed by atoms with van der Waals surface area (Å²) in [6, 6.07) is 7.11. The van der Waals surface area contributed by atoms with Gasteiger partial charge in [0.25, 0.3) is 0 Å². The largest absolute Gasteiger partial charge is 0.465 e. The zero-order chi connectivity index (χ0) is 21.2. The summed E-state index contributed by atoms with van der Waals surface area (Å²) in [5.74, 6) is -3.89. The third-order valence-corrected chi connectivity index (χ3v) is 5.93. The number of aryl methyl sites for hydroxylation is 1. The lowest BCUT2D eigenvalue weighted by Crippen LogP contribution is -2.10. The molecule has 0 fully saturated rings. The average Bonchev–Trinajstić information content (AvgIpc) is 3.19. The maximum atomic E-state index is 14.2. The lowest BCUT2D eigenvalue weighted by atomic mass is 10.1. The number of benzene rings is 2. The highest BCUT2D eigenvalue weighted by Crippen LogP contribution is 2.22. The summed E-state index contributed by atoms with van der Waals surface area (Å²) in [5.41, 5.74) is 0.406. The van der Waals surface area contributed by atoms with Crippen LogP contribution < -0.4 is 0 Å². The van der Waals surface area contributed by atoms with Gasteiger partial charge in [0.2, 0.25) is 0 Å². The van der Waals surface area contributed by atoms with Crippen LogP contribution in [0.5, 0.6) is 0 Å². The third-order valence-electron chi connectivity index (χ3n) is 4.25. The summed E-state index contributed by atoms with van der Waals surface area (Å²) in [6.07, 6.45) is 2.44. The molecule has 152 valence electrons. The summed E-state index contributed by atoms with van der Waals surface area (Å²) >= 11 is 0. The monoisotopic (exact) mass is 421 g/mol. The number of nitrogens with zero attached hydrogens (tertiary/aromatic N) is 3. The summed E-state index contributed by atoms with van der Waals surface area (Å²) in [5, 5.41) is 7.92. The van der Waals surface area contributed by atoms with Crippen LogP contribution in [0.25, 0.3) is 5.69 Å². The second-order valence-corrected chi connectivity index (χ2v) is 8.17. The molecule has 1 heterocycles. The van der Waals surface area contributed by atoms with Crippen LogP contribution in [-0.2, 0) is 26.7 Å². The van der Waals surface area contributed by atoms with Gasteiger partial charge in [0.05, 0.1) is 40.9 Å². The molecule has 0 bridgehead atoms. The van der Waals surface area contributed by atoms with E-state index in [-0.39, 0.29) is 10.5 Å². The minimum absolute atomic E-state index is 0.0612. The normalized spacial score (nSPS) is 11.4. The van der Waals surface area contributed by atoms with E-state index in [0.29, 0.717) is 24.2 Å². The predicted octanol–water partition coefficient (Wildman–Crippen LogP) is 2.87. The van der Waals surface area contributed by atoms with E-state index < -0.39 is 38.8 Å². The Bertz CT molecular complexity index is 1160. The van der Waals surface area contributed by atoms with Crippen LogP contribution in [0.4, 0.5) is 8.78 Å². The fraction of sp³-hybridized carbons (Fsp3) is 0.211. The van der Waals surface area contributed by atoms with Crippen LogP contribution in [0, 0.1) is 11.6 Å². The van der Waals surface area contributed by atoms with Crippen LogP contribution >= 0.6 is 0 Å². The molecular weight excluding hydrogens is 404 g/mol. The number of sulfone groups is 1. The van der Waals surface area contributed by atoms with E-state index in [0.717, 1.165) is 12.8 Å². The van der Waals surface area contributed by atoms with Crippen molar-refractivity contribution in [2.45, 2.75) is 24.0 Å². The van der Waals surface area contributed by atoms with E-state index in [1.54, 1.807) is 6.20 Å². The Morgan fingerprint density at radius 2 is 1.83 bits per heavy atom. The second-order valence-electron chi connectivity index (χ2n) is 6.18. The lowest BCUT2D eigenvalue weighted by Gasteiger charge is -2.09. The molecule has 0 aliphatic heterocycles. The van der Waals surface area contributed by atoms with Gasteiger partial charge >= 0.3 is 5.97 Å². The first-order valence-electron chi connectivity index (χ1n) is 8.55. The van der Waals surface area contributed by atoms with Gasteiger partial charge in [-0.3, -0.25) is 0 Å². The number of carbonyl (C=O) groups excluding carboxylic acids is 1. The molecule has 10 heteroatoms. The zero-order valence-corrected chi connectivity index (χ0v) is 16.4. The van der Waals surface area contributed by atoms with Crippen molar-refractivity contribution in [2.24, 2.45) is 0 Å². The van der Waals surface area contributed by atoms with Gasteiger partial charge in [-0.15, -0.1) is 5.10 Å². The first kappa shape index (κ1) is 20.6. The number of aromatic nitrogens is 3. The Kier molecular flexibility index (Phi) is 5.73. The Morgan fingerprint density at radius 3 is 2.41 bits per heavy atom. The molecule has 3 rings (SSSR count). The first-order chi connectivity index (χ1) is 13.7. The van der Waals surface area contributed by atoms with Crippen LogP contribution in [0.2, 0.25) is 0 Å². The highest BCUT2D eigenvalue weighted by Gasteiger charge is 2.22. The fourth-order valence-electron chi connectivity index (χ4n) is 2.65. The Labute approximate surface area is 165 Å². The second kappa shape index (κ2) is 8.08. The highest BCUT2D eigenvalue weighted by molar-refractivity contribution is 7.90. The average molecular weight is 421 g/mol. The van der Waals surface area contributed by atoms with Crippen molar-refractivity contribution >= 4 is 15.8 Å². The number of methoxy groups -OCH3 is 1. The van der Waals surface area contributed by atoms with Gasteiger partial charge in [-0.2, -0.15) is 0 Å². The van der Waals surface area contributed by atoms with Crippen molar-refractivity contribution in [2.75, 3.05) is 7.11 Å². The number of halogens is 2. The van der Waals surface area contributed by atoms with Gasteiger partial charge in [0.1, 0.15) is 11.6 Å². The third kappa shape index (κ3) is 4.32. The standard InChI is InChI=1S/C19H17F2N3O4S/c1-3-13-10-24(23-22-13)14-4-6-15(7-5-14)29(26,27)11-12-8-18(21)16(9-17(12)20)19(25)28-2/h4-10H,3,11H2,1-2H3. The molecule has 0 aliphatic rings. The van der Waals surface area contributed by atoms with Gasteiger partial charge in [0, 0.05) is 5.56 Å². The predicted molar refractivity (Wildman–Crippen MR) is 99.3 cm³/mol. The molecule has 0 N–H and O–H groups in total. The van der Waals surface area contributed by atoms with Crippen LogP contribution in [0.3, 0.4) is 0 Å². The van der Waals surface area contributed by atoms with E-state index in [1.807, 2.05) is 6.92 Å². The molecule has 0 atom stereocenters. The van der Waals surface area contributed by atoms with Crippen molar-refractivity contribution in [3.8, 4) is 5.69 Å². The number of ether oxygens (including phenoxy) is 1. The Hall–Kier alpha value is -3.14. The molecular formula is C19H17F2N3O4S. The number of carbonyl (C=O) groups is 1. The van der Waals surface area contributed by atoms with Crippen LogP contribution in [0.1, 0.15) is 28.5 Å². The molecule has 0 amide bonds. The fourth-order valence-corrected chi connectivity index (χ4v) is 3.99. The quantitative estimate of drug-likeness (QED) is 0.569. The van der Waals surface area contributed by atoms with Crippen molar-refractivity contribution in [3.05, 3.63) is 71.1 Å². The minimum Gasteiger partial charge on any atom is -0.465 e. The number of rotatable bonds is 6. The molecule has 7 nitrogen and oxygen atoms in total. The van der Waals surface area contributed by atoms with E-state index in [4.69, 9.17) is 0 Å². The molecule has 1 aromatic heterocycles. The van der Waals surface area contributed by atoms with E-state index in [1.165, 1.54) is 28.9 Å².